The SMILES string of the molecule is O=C(O)CN(CC(=O)O)C(CCCCNC(=O)CCCc1ccc2ccc3cccc4ccc1c2c34)C(=O)O. The zero-order valence-corrected chi connectivity index (χ0v) is 21.6. The van der Waals surface area contributed by atoms with Gasteiger partial charge >= 0.3 is 17.9 Å². The summed E-state index contributed by atoms with van der Waals surface area (Å²) in [4.78, 5) is 46.9. The highest BCUT2D eigenvalue weighted by molar-refractivity contribution is 6.23. The normalized spacial score (nSPS) is 12.3. The number of hydrogen-bond donors (Lipinski definition) is 4. The molecule has 0 saturated heterocycles. The molecular formula is C30H32N2O7. The first-order valence-corrected chi connectivity index (χ1v) is 13.1. The van der Waals surface area contributed by atoms with Crippen molar-refractivity contribution in [3.63, 3.8) is 0 Å². The van der Waals surface area contributed by atoms with Crippen LogP contribution in [0.1, 0.15) is 37.7 Å². The van der Waals surface area contributed by atoms with E-state index in [1.54, 1.807) is 0 Å². The number of hydrogen-bond acceptors (Lipinski definition) is 5. The van der Waals surface area contributed by atoms with Gasteiger partial charge in [-0.25, -0.2) is 0 Å². The van der Waals surface area contributed by atoms with Crippen molar-refractivity contribution in [2.45, 2.75) is 44.6 Å². The van der Waals surface area contributed by atoms with Crippen LogP contribution in [0.15, 0.2) is 54.6 Å². The maximum absolute atomic E-state index is 12.4. The second kappa shape index (κ2) is 12.5. The molecule has 4 N–H and O–H groups in total. The van der Waals surface area contributed by atoms with Crippen molar-refractivity contribution in [3.8, 4) is 0 Å². The van der Waals surface area contributed by atoms with Gasteiger partial charge < -0.3 is 20.6 Å². The summed E-state index contributed by atoms with van der Waals surface area (Å²) in [5.41, 5.74) is 1.21. The molecule has 0 aliphatic rings. The van der Waals surface area contributed by atoms with E-state index in [4.69, 9.17) is 10.2 Å². The highest BCUT2D eigenvalue weighted by atomic mass is 16.4. The molecule has 9 nitrogen and oxygen atoms in total. The first-order chi connectivity index (χ1) is 18.7. The number of aliphatic carboxylic acids is 3. The Labute approximate surface area is 225 Å². The van der Waals surface area contributed by atoms with Gasteiger partial charge in [0, 0.05) is 13.0 Å². The highest BCUT2D eigenvalue weighted by Gasteiger charge is 2.28. The number of unbranched alkanes of at least 4 members (excludes halogenated alkanes) is 1. The lowest BCUT2D eigenvalue weighted by atomic mass is 9.90. The molecule has 0 radical (unpaired) electrons. The smallest absolute Gasteiger partial charge is 0.320 e. The second-order valence-corrected chi connectivity index (χ2v) is 9.83. The Hall–Kier alpha value is -4.24. The van der Waals surface area contributed by atoms with Crippen LogP contribution in [0, 0.1) is 0 Å². The van der Waals surface area contributed by atoms with Gasteiger partial charge in [0.15, 0.2) is 0 Å². The van der Waals surface area contributed by atoms with Crippen LogP contribution in [0.5, 0.6) is 0 Å². The monoisotopic (exact) mass is 532 g/mol. The van der Waals surface area contributed by atoms with Gasteiger partial charge in [-0.05, 0) is 70.0 Å². The van der Waals surface area contributed by atoms with Crippen molar-refractivity contribution < 1.29 is 34.5 Å². The zero-order chi connectivity index (χ0) is 27.9. The van der Waals surface area contributed by atoms with Crippen LogP contribution in [0.3, 0.4) is 0 Å². The van der Waals surface area contributed by atoms with E-state index in [-0.39, 0.29) is 12.3 Å². The lowest BCUT2D eigenvalue weighted by molar-refractivity contribution is -0.149. The maximum atomic E-state index is 12.4. The second-order valence-electron chi connectivity index (χ2n) is 9.83. The molecule has 39 heavy (non-hydrogen) atoms. The largest absolute Gasteiger partial charge is 0.480 e. The number of carboxylic acids is 3. The number of benzene rings is 4. The summed E-state index contributed by atoms with van der Waals surface area (Å²) in [6, 6.07) is 18.0. The number of carboxylic acid groups (broad SMARTS) is 3. The molecule has 0 fully saturated rings. The average molecular weight is 533 g/mol. The van der Waals surface area contributed by atoms with Crippen molar-refractivity contribution >= 4 is 56.1 Å². The van der Waals surface area contributed by atoms with E-state index in [1.165, 1.54) is 37.9 Å². The molecular weight excluding hydrogens is 500 g/mol. The molecule has 9 heteroatoms. The number of nitrogens with zero attached hydrogens (tertiary/aromatic N) is 1. The summed E-state index contributed by atoms with van der Waals surface area (Å²) in [6.45, 7) is -0.986. The third-order valence-electron chi connectivity index (χ3n) is 7.10. The Bertz CT molecular complexity index is 1470. The summed E-state index contributed by atoms with van der Waals surface area (Å²) in [6.07, 6.45) is 2.81. The number of nitrogens with one attached hydrogen (secondary N) is 1. The molecule has 0 aromatic heterocycles. The average Bonchev–Trinajstić information content (AvgIpc) is 2.89. The first-order valence-electron chi connectivity index (χ1n) is 13.1. The minimum Gasteiger partial charge on any atom is -0.480 e. The summed E-state index contributed by atoms with van der Waals surface area (Å²) in [5.74, 6) is -3.94. The van der Waals surface area contributed by atoms with Gasteiger partial charge in [-0.3, -0.25) is 24.1 Å². The van der Waals surface area contributed by atoms with Gasteiger partial charge in [0.2, 0.25) is 5.91 Å². The number of carbonyl (C=O) groups excluding carboxylic acids is 1. The molecule has 0 heterocycles. The molecule has 4 rings (SSSR count). The summed E-state index contributed by atoms with van der Waals surface area (Å²) < 4.78 is 0. The van der Waals surface area contributed by atoms with Crippen molar-refractivity contribution in [1.82, 2.24) is 10.2 Å². The van der Waals surface area contributed by atoms with E-state index in [0.717, 1.165) is 11.3 Å². The van der Waals surface area contributed by atoms with Gasteiger partial charge in [0.1, 0.15) is 6.04 Å². The van der Waals surface area contributed by atoms with Gasteiger partial charge in [0.25, 0.3) is 0 Å². The van der Waals surface area contributed by atoms with Crippen LogP contribution in [0.25, 0.3) is 32.3 Å². The zero-order valence-electron chi connectivity index (χ0n) is 21.6. The number of carbonyl (C=O) groups is 4. The predicted molar refractivity (Wildman–Crippen MR) is 148 cm³/mol. The predicted octanol–water partition coefficient (Wildman–Crippen LogP) is 4.12. The van der Waals surface area contributed by atoms with E-state index in [0.29, 0.717) is 32.2 Å². The molecule has 1 amide bonds. The Morgan fingerprint density at radius 2 is 1.36 bits per heavy atom. The summed E-state index contributed by atoms with van der Waals surface area (Å²) in [7, 11) is 0. The Morgan fingerprint density at radius 1 is 0.744 bits per heavy atom. The number of amides is 1. The van der Waals surface area contributed by atoms with E-state index in [2.05, 4.69) is 59.9 Å². The molecule has 0 bridgehead atoms. The van der Waals surface area contributed by atoms with E-state index in [1.807, 2.05) is 0 Å². The summed E-state index contributed by atoms with van der Waals surface area (Å²) >= 11 is 0. The van der Waals surface area contributed by atoms with Crippen molar-refractivity contribution in [2.24, 2.45) is 0 Å². The third kappa shape index (κ3) is 6.80. The summed E-state index contributed by atoms with van der Waals surface area (Å²) in [5, 5.41) is 37.7. The number of rotatable bonds is 15. The fourth-order valence-corrected chi connectivity index (χ4v) is 5.32. The van der Waals surface area contributed by atoms with E-state index >= 15 is 0 Å². The molecule has 0 saturated carbocycles. The van der Waals surface area contributed by atoms with Crippen molar-refractivity contribution in [1.29, 1.82) is 0 Å². The standard InChI is InChI=1S/C30H32N2O7/c33-25(31-16-2-1-8-24(30(38)39)32(17-26(34)35)18-27(36)37)9-4-5-19-10-11-22-13-12-20-6-3-7-21-14-15-23(19)29(22)28(20)21/h3,6-7,10-15,24H,1-2,4-5,8-9,16-18H2,(H,31,33)(H,34,35)(H,36,37)(H,38,39). The fourth-order valence-electron chi connectivity index (χ4n) is 5.32. The Morgan fingerprint density at radius 3 is 2.00 bits per heavy atom. The molecule has 0 aliphatic heterocycles. The van der Waals surface area contributed by atoms with Crippen LogP contribution >= 0.6 is 0 Å². The number of aryl methyl sites for hydroxylation is 1. The van der Waals surface area contributed by atoms with Gasteiger partial charge in [-0.1, -0.05) is 54.6 Å². The molecule has 204 valence electrons. The van der Waals surface area contributed by atoms with E-state index < -0.39 is 37.0 Å². The first kappa shape index (κ1) is 27.8. The van der Waals surface area contributed by atoms with Crippen molar-refractivity contribution in [3.05, 3.63) is 60.2 Å². The Balaban J connectivity index is 1.25. The quantitative estimate of drug-likeness (QED) is 0.132. The molecule has 0 aliphatic carbocycles. The molecule has 4 aromatic carbocycles. The fraction of sp³-hybridized carbons (Fsp3) is 0.333. The molecule has 1 unspecified atom stereocenters. The highest BCUT2D eigenvalue weighted by Crippen LogP contribution is 2.36. The lowest BCUT2D eigenvalue weighted by Crippen LogP contribution is -2.46. The molecule has 0 spiro atoms. The van der Waals surface area contributed by atoms with Gasteiger partial charge in [-0.2, -0.15) is 0 Å². The minimum atomic E-state index is -1.29. The van der Waals surface area contributed by atoms with Crippen LogP contribution in [0.4, 0.5) is 0 Å². The van der Waals surface area contributed by atoms with Crippen LogP contribution in [-0.4, -0.2) is 69.7 Å². The van der Waals surface area contributed by atoms with Crippen LogP contribution in [0.2, 0.25) is 0 Å². The molecule has 1 atom stereocenters. The van der Waals surface area contributed by atoms with E-state index in [9.17, 15) is 24.3 Å². The van der Waals surface area contributed by atoms with Crippen LogP contribution < -0.4 is 5.32 Å². The third-order valence-corrected chi connectivity index (χ3v) is 7.10. The van der Waals surface area contributed by atoms with Crippen molar-refractivity contribution in [2.75, 3.05) is 19.6 Å². The van der Waals surface area contributed by atoms with Gasteiger partial charge in [-0.15, -0.1) is 0 Å². The maximum Gasteiger partial charge on any atom is 0.320 e. The van der Waals surface area contributed by atoms with Crippen LogP contribution in [-0.2, 0) is 25.6 Å². The molecule has 4 aromatic rings. The Kier molecular flexibility index (Phi) is 8.93. The lowest BCUT2D eigenvalue weighted by Gasteiger charge is -2.25. The topological polar surface area (TPSA) is 144 Å². The van der Waals surface area contributed by atoms with Gasteiger partial charge in [0.05, 0.1) is 13.1 Å². The minimum absolute atomic E-state index is 0.0825.